The van der Waals surface area contributed by atoms with Crippen LogP contribution in [0.5, 0.6) is 0 Å². The van der Waals surface area contributed by atoms with Crippen LogP contribution in [0.25, 0.3) is 10.6 Å². The van der Waals surface area contributed by atoms with Crippen molar-refractivity contribution in [3.63, 3.8) is 0 Å². The molecule has 0 unspecified atom stereocenters. The van der Waals surface area contributed by atoms with Crippen molar-refractivity contribution in [3.8, 4) is 10.6 Å². The van der Waals surface area contributed by atoms with Crippen molar-refractivity contribution in [1.29, 1.82) is 0 Å². The number of rotatable bonds is 5. The molecule has 2 N–H and O–H groups in total. The van der Waals surface area contributed by atoms with Crippen molar-refractivity contribution in [3.05, 3.63) is 35.3 Å². The van der Waals surface area contributed by atoms with Crippen molar-refractivity contribution in [1.82, 2.24) is 10.3 Å². The highest BCUT2D eigenvalue weighted by molar-refractivity contribution is 7.13. The van der Waals surface area contributed by atoms with E-state index in [0.29, 0.717) is 12.5 Å². The molecular formula is C16H21N3OS. The average molecular weight is 303 g/mol. The van der Waals surface area contributed by atoms with Gasteiger partial charge in [-0.1, -0.05) is 13.8 Å². The molecule has 2 aromatic rings. The lowest BCUT2D eigenvalue weighted by molar-refractivity contribution is 0.251. The molecule has 0 spiro atoms. The van der Waals surface area contributed by atoms with Gasteiger partial charge in [0.1, 0.15) is 5.01 Å². The zero-order chi connectivity index (χ0) is 15.2. The Bertz CT molecular complexity index is 590. The van der Waals surface area contributed by atoms with Crippen molar-refractivity contribution >= 4 is 23.1 Å². The molecule has 2 rings (SSSR count). The van der Waals surface area contributed by atoms with Gasteiger partial charge in [-0.05, 0) is 43.5 Å². The number of carbonyl (C=O) groups excluding carboxylic acids is 1. The Balaban J connectivity index is 1.89. The molecule has 1 aromatic carbocycles. The normalized spacial score (nSPS) is 10.7. The van der Waals surface area contributed by atoms with Crippen LogP contribution >= 0.6 is 11.3 Å². The first-order valence-electron chi connectivity index (χ1n) is 7.12. The number of hydrogen-bond acceptors (Lipinski definition) is 3. The first-order valence-corrected chi connectivity index (χ1v) is 8.00. The van der Waals surface area contributed by atoms with Crippen LogP contribution in [0.4, 0.5) is 10.5 Å². The highest BCUT2D eigenvalue weighted by Crippen LogP contribution is 2.24. The fourth-order valence-electron chi connectivity index (χ4n) is 1.83. The lowest BCUT2D eigenvalue weighted by atomic mass is 10.1. The maximum absolute atomic E-state index is 11.7. The molecule has 0 bridgehead atoms. The SMILES string of the molecule is Cc1csc(-c2ccc(NC(=O)NCCC(C)C)cc2)n1. The molecule has 0 aliphatic rings. The standard InChI is InChI=1S/C16H21N3OS/c1-11(2)8-9-17-16(20)19-14-6-4-13(5-7-14)15-18-12(3)10-21-15/h4-7,10-11H,8-9H2,1-3H3,(H2,17,19,20). The van der Waals surface area contributed by atoms with Gasteiger partial charge in [-0.2, -0.15) is 0 Å². The van der Waals surface area contributed by atoms with Crippen LogP contribution in [0.1, 0.15) is 26.0 Å². The molecule has 1 heterocycles. The van der Waals surface area contributed by atoms with Gasteiger partial charge in [0.25, 0.3) is 0 Å². The van der Waals surface area contributed by atoms with Crippen LogP contribution in [0.15, 0.2) is 29.6 Å². The van der Waals surface area contributed by atoms with E-state index in [1.165, 1.54) is 0 Å². The quantitative estimate of drug-likeness (QED) is 0.866. The third-order valence-corrected chi connectivity index (χ3v) is 4.03. The summed E-state index contributed by atoms with van der Waals surface area (Å²) in [6.07, 6.45) is 0.982. The summed E-state index contributed by atoms with van der Waals surface area (Å²) in [7, 11) is 0. The number of carbonyl (C=O) groups is 1. The number of nitrogens with one attached hydrogen (secondary N) is 2. The third-order valence-electron chi connectivity index (χ3n) is 3.02. The Morgan fingerprint density at radius 3 is 2.57 bits per heavy atom. The fraction of sp³-hybridized carbons (Fsp3) is 0.375. The summed E-state index contributed by atoms with van der Waals surface area (Å²) in [6.45, 7) is 6.95. The summed E-state index contributed by atoms with van der Waals surface area (Å²) >= 11 is 1.63. The monoisotopic (exact) mass is 303 g/mol. The summed E-state index contributed by atoms with van der Waals surface area (Å²) in [5, 5.41) is 8.72. The molecule has 2 amide bonds. The zero-order valence-electron chi connectivity index (χ0n) is 12.6. The molecule has 0 atom stereocenters. The fourth-order valence-corrected chi connectivity index (χ4v) is 2.64. The summed E-state index contributed by atoms with van der Waals surface area (Å²) in [4.78, 5) is 16.2. The van der Waals surface area contributed by atoms with E-state index >= 15 is 0 Å². The number of urea groups is 1. The highest BCUT2D eigenvalue weighted by Gasteiger charge is 2.04. The lowest BCUT2D eigenvalue weighted by Crippen LogP contribution is -2.30. The topological polar surface area (TPSA) is 54.0 Å². The lowest BCUT2D eigenvalue weighted by Gasteiger charge is -2.09. The number of aryl methyl sites for hydroxylation is 1. The molecular weight excluding hydrogens is 282 g/mol. The molecule has 112 valence electrons. The van der Waals surface area contributed by atoms with Crippen LogP contribution in [0.3, 0.4) is 0 Å². The van der Waals surface area contributed by atoms with Gasteiger partial charge >= 0.3 is 6.03 Å². The van der Waals surface area contributed by atoms with Gasteiger partial charge in [-0.3, -0.25) is 0 Å². The van der Waals surface area contributed by atoms with Gasteiger partial charge in [0.2, 0.25) is 0 Å². The largest absolute Gasteiger partial charge is 0.338 e. The van der Waals surface area contributed by atoms with Gasteiger partial charge in [0.15, 0.2) is 0 Å². The smallest absolute Gasteiger partial charge is 0.319 e. The van der Waals surface area contributed by atoms with E-state index < -0.39 is 0 Å². The number of hydrogen-bond donors (Lipinski definition) is 2. The van der Waals surface area contributed by atoms with Gasteiger partial charge in [0.05, 0.1) is 0 Å². The van der Waals surface area contributed by atoms with E-state index in [9.17, 15) is 4.79 Å². The summed E-state index contributed by atoms with van der Waals surface area (Å²) < 4.78 is 0. The summed E-state index contributed by atoms with van der Waals surface area (Å²) in [5.41, 5.74) is 2.88. The molecule has 0 saturated heterocycles. The van der Waals surface area contributed by atoms with E-state index in [2.05, 4.69) is 29.5 Å². The van der Waals surface area contributed by atoms with Gasteiger partial charge in [0, 0.05) is 28.9 Å². The van der Waals surface area contributed by atoms with E-state index in [-0.39, 0.29) is 6.03 Å². The molecule has 0 saturated carbocycles. The Kier molecular flexibility index (Phi) is 5.33. The van der Waals surface area contributed by atoms with E-state index in [4.69, 9.17) is 0 Å². The van der Waals surface area contributed by atoms with E-state index in [1.807, 2.05) is 36.6 Å². The maximum Gasteiger partial charge on any atom is 0.319 e. The van der Waals surface area contributed by atoms with Crippen LogP contribution in [-0.4, -0.2) is 17.6 Å². The molecule has 0 fully saturated rings. The van der Waals surface area contributed by atoms with Gasteiger partial charge < -0.3 is 10.6 Å². The molecule has 5 heteroatoms. The number of anilines is 1. The predicted molar refractivity (Wildman–Crippen MR) is 88.8 cm³/mol. The minimum absolute atomic E-state index is 0.159. The van der Waals surface area contributed by atoms with Crippen molar-refractivity contribution in [2.45, 2.75) is 27.2 Å². The van der Waals surface area contributed by atoms with Crippen LogP contribution in [-0.2, 0) is 0 Å². The number of aromatic nitrogens is 1. The van der Waals surface area contributed by atoms with Gasteiger partial charge in [-0.25, -0.2) is 9.78 Å². The number of nitrogens with zero attached hydrogens (tertiary/aromatic N) is 1. The molecule has 0 aliphatic heterocycles. The molecule has 0 aliphatic carbocycles. The molecule has 21 heavy (non-hydrogen) atoms. The second kappa shape index (κ2) is 7.22. The summed E-state index contributed by atoms with van der Waals surface area (Å²) in [6, 6.07) is 7.58. The number of amides is 2. The number of thiazole rings is 1. The Morgan fingerprint density at radius 1 is 1.29 bits per heavy atom. The molecule has 0 radical (unpaired) electrons. The maximum atomic E-state index is 11.7. The van der Waals surface area contributed by atoms with E-state index in [0.717, 1.165) is 28.4 Å². The van der Waals surface area contributed by atoms with Crippen molar-refractivity contribution < 1.29 is 4.79 Å². The second-order valence-corrected chi connectivity index (χ2v) is 6.29. The van der Waals surface area contributed by atoms with Crippen LogP contribution in [0, 0.1) is 12.8 Å². The Labute approximate surface area is 129 Å². The molecule has 4 nitrogen and oxygen atoms in total. The van der Waals surface area contributed by atoms with Gasteiger partial charge in [-0.15, -0.1) is 11.3 Å². The van der Waals surface area contributed by atoms with Crippen molar-refractivity contribution in [2.24, 2.45) is 5.92 Å². The first-order chi connectivity index (χ1) is 10.0. The van der Waals surface area contributed by atoms with E-state index in [1.54, 1.807) is 11.3 Å². The zero-order valence-corrected chi connectivity index (χ0v) is 13.5. The minimum Gasteiger partial charge on any atom is -0.338 e. The number of benzene rings is 1. The predicted octanol–water partition coefficient (Wildman–Crippen LogP) is 4.29. The summed E-state index contributed by atoms with van der Waals surface area (Å²) in [5.74, 6) is 0.589. The average Bonchev–Trinajstić information content (AvgIpc) is 2.86. The Morgan fingerprint density at radius 2 is 2.00 bits per heavy atom. The Hall–Kier alpha value is -1.88. The van der Waals surface area contributed by atoms with Crippen LogP contribution < -0.4 is 10.6 Å². The van der Waals surface area contributed by atoms with Crippen LogP contribution in [0.2, 0.25) is 0 Å². The molecule has 1 aromatic heterocycles. The minimum atomic E-state index is -0.159. The third kappa shape index (κ3) is 4.86. The first kappa shape index (κ1) is 15.5. The second-order valence-electron chi connectivity index (χ2n) is 5.43. The van der Waals surface area contributed by atoms with Crippen molar-refractivity contribution in [2.75, 3.05) is 11.9 Å². The highest BCUT2D eigenvalue weighted by atomic mass is 32.1.